The van der Waals surface area contributed by atoms with Crippen molar-refractivity contribution in [3.63, 3.8) is 0 Å². The van der Waals surface area contributed by atoms with Crippen LogP contribution in [0.1, 0.15) is 39.2 Å². The molecule has 0 atom stereocenters. The van der Waals surface area contributed by atoms with Crippen molar-refractivity contribution in [3.8, 4) is 11.5 Å². The molecule has 0 N–H and O–H groups in total. The molecule has 0 saturated carbocycles. The van der Waals surface area contributed by atoms with Gasteiger partial charge >= 0.3 is 5.97 Å². The van der Waals surface area contributed by atoms with E-state index in [4.69, 9.17) is 14.2 Å². The third-order valence-electron chi connectivity index (χ3n) is 3.19. The Morgan fingerprint density at radius 2 is 1.65 bits per heavy atom. The maximum absolute atomic E-state index is 11.8. The summed E-state index contributed by atoms with van der Waals surface area (Å²) < 4.78 is 15.7. The molecule has 0 unspecified atom stereocenters. The smallest absolute Gasteiger partial charge is 0.306 e. The Morgan fingerprint density at radius 1 is 1.10 bits per heavy atom. The van der Waals surface area contributed by atoms with E-state index in [9.17, 15) is 4.79 Å². The molecule has 1 rings (SSSR count). The minimum atomic E-state index is -0.341. The van der Waals surface area contributed by atoms with Gasteiger partial charge in [0, 0.05) is 11.5 Å². The van der Waals surface area contributed by atoms with Crippen LogP contribution in [-0.2, 0) is 14.9 Å². The van der Waals surface area contributed by atoms with Crippen molar-refractivity contribution >= 4 is 5.97 Å². The molecular weight excluding hydrogens is 256 g/mol. The minimum Gasteiger partial charge on any atom is -0.497 e. The van der Waals surface area contributed by atoms with E-state index in [-0.39, 0.29) is 11.4 Å². The lowest BCUT2D eigenvalue weighted by molar-refractivity contribution is -0.144. The highest BCUT2D eigenvalue weighted by atomic mass is 16.5. The number of esters is 1. The number of methoxy groups -OCH3 is 2. The molecule has 112 valence electrons. The number of hydrogen-bond acceptors (Lipinski definition) is 4. The maximum atomic E-state index is 11.8. The lowest BCUT2D eigenvalue weighted by Gasteiger charge is -2.25. The van der Waals surface area contributed by atoms with Gasteiger partial charge in [-0.3, -0.25) is 4.79 Å². The van der Waals surface area contributed by atoms with E-state index in [1.807, 2.05) is 39.0 Å². The zero-order valence-corrected chi connectivity index (χ0v) is 13.0. The zero-order chi connectivity index (χ0) is 15.2. The number of carbonyl (C=O) groups is 1. The second kappa shape index (κ2) is 7.17. The molecule has 20 heavy (non-hydrogen) atoms. The normalized spacial score (nSPS) is 11.1. The fraction of sp³-hybridized carbons (Fsp3) is 0.562. The van der Waals surface area contributed by atoms with Crippen LogP contribution in [0.3, 0.4) is 0 Å². The lowest BCUT2D eigenvalue weighted by Crippen LogP contribution is -2.23. The van der Waals surface area contributed by atoms with Gasteiger partial charge in [0.15, 0.2) is 0 Å². The molecule has 0 aromatic heterocycles. The van der Waals surface area contributed by atoms with Crippen LogP contribution in [0.15, 0.2) is 18.2 Å². The number of benzene rings is 1. The van der Waals surface area contributed by atoms with E-state index in [0.717, 1.165) is 12.0 Å². The molecule has 0 heterocycles. The summed E-state index contributed by atoms with van der Waals surface area (Å²) in [6.45, 7) is 6.46. The Bertz CT molecular complexity index is 430. The summed E-state index contributed by atoms with van der Waals surface area (Å²) in [6, 6.07) is 5.67. The summed E-state index contributed by atoms with van der Waals surface area (Å²) >= 11 is 0. The second-order valence-corrected chi connectivity index (χ2v) is 5.38. The Labute approximate surface area is 121 Å². The molecule has 1 aromatic carbocycles. The molecule has 0 spiro atoms. The number of hydrogen-bond donors (Lipinski definition) is 0. The van der Waals surface area contributed by atoms with Crippen molar-refractivity contribution in [3.05, 3.63) is 23.8 Å². The van der Waals surface area contributed by atoms with Crippen molar-refractivity contribution in [2.24, 2.45) is 0 Å². The average Bonchev–Trinajstić information content (AvgIpc) is 2.43. The van der Waals surface area contributed by atoms with E-state index in [1.165, 1.54) is 0 Å². The summed E-state index contributed by atoms with van der Waals surface area (Å²) in [6.07, 6.45) is 1.16. The third-order valence-corrected chi connectivity index (χ3v) is 3.19. The van der Waals surface area contributed by atoms with Gasteiger partial charge in [-0.1, -0.05) is 20.8 Å². The first-order valence-electron chi connectivity index (χ1n) is 6.82. The van der Waals surface area contributed by atoms with Crippen LogP contribution >= 0.6 is 0 Å². The predicted molar refractivity (Wildman–Crippen MR) is 78.4 cm³/mol. The zero-order valence-electron chi connectivity index (χ0n) is 13.0. The van der Waals surface area contributed by atoms with Crippen LogP contribution in [0.2, 0.25) is 0 Å². The molecule has 0 amide bonds. The highest BCUT2D eigenvalue weighted by Crippen LogP contribution is 2.33. The second-order valence-electron chi connectivity index (χ2n) is 5.38. The third kappa shape index (κ3) is 4.44. The Kier molecular flexibility index (Phi) is 5.86. The molecule has 4 heteroatoms. The summed E-state index contributed by atoms with van der Waals surface area (Å²) in [7, 11) is 3.22. The lowest BCUT2D eigenvalue weighted by atomic mass is 9.81. The summed E-state index contributed by atoms with van der Waals surface area (Å²) in [5.41, 5.74) is 0.647. The molecule has 0 bridgehead atoms. The molecule has 0 aliphatic carbocycles. The van der Waals surface area contributed by atoms with Crippen molar-refractivity contribution < 1.29 is 19.0 Å². The van der Waals surface area contributed by atoms with E-state index >= 15 is 0 Å². The van der Waals surface area contributed by atoms with Gasteiger partial charge in [0.25, 0.3) is 0 Å². The molecule has 0 fully saturated rings. The summed E-state index contributed by atoms with van der Waals surface area (Å²) in [4.78, 5) is 11.8. The van der Waals surface area contributed by atoms with Crippen LogP contribution < -0.4 is 9.47 Å². The number of carbonyl (C=O) groups excluding carboxylic acids is 1. The number of rotatable bonds is 7. The largest absolute Gasteiger partial charge is 0.497 e. The maximum Gasteiger partial charge on any atom is 0.306 e. The van der Waals surface area contributed by atoms with E-state index in [1.54, 1.807) is 14.2 Å². The standard InChI is InChI=1S/C16H24O4/c1-6-7-20-15(17)11-16(2,3)12-8-13(18-4)10-14(9-12)19-5/h8-10H,6-7,11H2,1-5H3. The topological polar surface area (TPSA) is 44.8 Å². The van der Waals surface area contributed by atoms with Gasteiger partial charge in [-0.05, 0) is 24.1 Å². The van der Waals surface area contributed by atoms with Gasteiger partial charge in [0.05, 0.1) is 27.2 Å². The number of ether oxygens (including phenoxy) is 3. The van der Waals surface area contributed by atoms with E-state index in [2.05, 4.69) is 0 Å². The molecule has 0 saturated heterocycles. The van der Waals surface area contributed by atoms with E-state index < -0.39 is 0 Å². The molecule has 1 aromatic rings. The SMILES string of the molecule is CCCOC(=O)CC(C)(C)c1cc(OC)cc(OC)c1. The van der Waals surface area contributed by atoms with Gasteiger partial charge in [0.2, 0.25) is 0 Å². The van der Waals surface area contributed by atoms with Gasteiger partial charge in [0.1, 0.15) is 11.5 Å². The molecule has 0 aliphatic rings. The fourth-order valence-electron chi connectivity index (χ4n) is 1.93. The van der Waals surface area contributed by atoms with Crippen molar-refractivity contribution in [2.75, 3.05) is 20.8 Å². The average molecular weight is 280 g/mol. The van der Waals surface area contributed by atoms with Gasteiger partial charge in [-0.25, -0.2) is 0 Å². The van der Waals surface area contributed by atoms with Crippen molar-refractivity contribution in [1.29, 1.82) is 0 Å². The van der Waals surface area contributed by atoms with Crippen LogP contribution in [-0.4, -0.2) is 26.8 Å². The first kappa shape index (κ1) is 16.3. The van der Waals surface area contributed by atoms with Gasteiger partial charge in [-0.2, -0.15) is 0 Å². The quantitative estimate of drug-likeness (QED) is 0.719. The first-order chi connectivity index (χ1) is 9.42. The van der Waals surface area contributed by atoms with Crippen LogP contribution in [0.5, 0.6) is 11.5 Å². The summed E-state index contributed by atoms with van der Waals surface area (Å²) in [5, 5.41) is 0. The highest BCUT2D eigenvalue weighted by molar-refractivity contribution is 5.71. The van der Waals surface area contributed by atoms with Gasteiger partial charge < -0.3 is 14.2 Å². The van der Waals surface area contributed by atoms with Crippen molar-refractivity contribution in [2.45, 2.75) is 39.0 Å². The van der Waals surface area contributed by atoms with Crippen LogP contribution in [0, 0.1) is 0 Å². The summed E-state index contributed by atoms with van der Waals surface area (Å²) in [5.74, 6) is 1.25. The first-order valence-corrected chi connectivity index (χ1v) is 6.82. The molecule has 4 nitrogen and oxygen atoms in total. The predicted octanol–water partition coefficient (Wildman–Crippen LogP) is 3.32. The van der Waals surface area contributed by atoms with Crippen molar-refractivity contribution in [1.82, 2.24) is 0 Å². The Hall–Kier alpha value is -1.71. The minimum absolute atomic E-state index is 0.182. The highest BCUT2D eigenvalue weighted by Gasteiger charge is 2.26. The molecule has 0 aliphatic heterocycles. The molecule has 0 radical (unpaired) electrons. The van der Waals surface area contributed by atoms with E-state index in [0.29, 0.717) is 24.5 Å². The molecular formula is C16H24O4. The van der Waals surface area contributed by atoms with Gasteiger partial charge in [-0.15, -0.1) is 0 Å². The van der Waals surface area contributed by atoms with Crippen LogP contribution in [0.4, 0.5) is 0 Å². The Morgan fingerprint density at radius 3 is 2.10 bits per heavy atom. The monoisotopic (exact) mass is 280 g/mol. The van der Waals surface area contributed by atoms with Crippen LogP contribution in [0.25, 0.3) is 0 Å². The fourth-order valence-corrected chi connectivity index (χ4v) is 1.93. The Balaban J connectivity index is 2.93.